The van der Waals surface area contributed by atoms with Crippen molar-refractivity contribution in [1.82, 2.24) is 5.32 Å². The number of carbonyl (C=O) groups excluding carboxylic acids is 1. The van der Waals surface area contributed by atoms with E-state index in [-0.39, 0.29) is 5.92 Å². The van der Waals surface area contributed by atoms with E-state index in [4.69, 9.17) is 5.11 Å². The molecule has 4 heteroatoms. The van der Waals surface area contributed by atoms with Gasteiger partial charge in [-0.25, -0.2) is 4.79 Å². The Morgan fingerprint density at radius 3 is 1.91 bits per heavy atom. The smallest absolute Gasteiger partial charge is 0.373 e. The Hall–Kier alpha value is -0.900. The summed E-state index contributed by atoms with van der Waals surface area (Å²) in [6, 6.07) is -0.576. The van der Waals surface area contributed by atoms with Crippen LogP contribution in [0.4, 0.5) is 0 Å². The van der Waals surface area contributed by atoms with Gasteiger partial charge in [0.2, 0.25) is 0 Å². The summed E-state index contributed by atoms with van der Waals surface area (Å²) < 4.78 is 0. The average Bonchev–Trinajstić information content (AvgIpc) is 1.88. The zero-order chi connectivity index (χ0) is 9.02. The second-order valence-corrected chi connectivity index (χ2v) is 2.68. The summed E-state index contributed by atoms with van der Waals surface area (Å²) >= 11 is 0. The van der Waals surface area contributed by atoms with Crippen molar-refractivity contribution >= 4 is 11.8 Å². The molecule has 2 N–H and O–H groups in total. The Morgan fingerprint density at radius 2 is 1.82 bits per heavy atom. The van der Waals surface area contributed by atoms with Gasteiger partial charge in [0.1, 0.15) is 0 Å². The molecule has 1 atom stereocenters. The normalized spacial score (nSPS) is 13.1. The first-order valence-corrected chi connectivity index (χ1v) is 3.45. The summed E-state index contributed by atoms with van der Waals surface area (Å²) in [5.41, 5.74) is 0. The number of hydrogen-bond acceptors (Lipinski definition) is 3. The lowest BCUT2D eigenvalue weighted by molar-refractivity contribution is -0.150. The number of carboxylic acids is 1. The van der Waals surface area contributed by atoms with Gasteiger partial charge in [-0.05, 0) is 13.0 Å². The molecule has 4 nitrogen and oxygen atoms in total. The minimum Gasteiger partial charge on any atom is -0.475 e. The Bertz CT molecular complexity index is 165. The third-order valence-electron chi connectivity index (χ3n) is 1.47. The van der Waals surface area contributed by atoms with Crippen molar-refractivity contribution in [2.75, 3.05) is 7.05 Å². The molecule has 0 fully saturated rings. The van der Waals surface area contributed by atoms with E-state index in [9.17, 15) is 9.59 Å². The average molecular weight is 159 g/mol. The van der Waals surface area contributed by atoms with Crippen LogP contribution in [0.25, 0.3) is 0 Å². The Kier molecular flexibility index (Phi) is 3.74. The second kappa shape index (κ2) is 4.08. The van der Waals surface area contributed by atoms with E-state index in [0.29, 0.717) is 0 Å². The van der Waals surface area contributed by atoms with Crippen molar-refractivity contribution in [3.05, 3.63) is 0 Å². The van der Waals surface area contributed by atoms with Gasteiger partial charge in [0.25, 0.3) is 5.78 Å². The molecule has 0 aromatic heterocycles. The molecular formula is C7H13NO3. The van der Waals surface area contributed by atoms with E-state index < -0.39 is 17.8 Å². The van der Waals surface area contributed by atoms with Gasteiger partial charge in [-0.1, -0.05) is 13.8 Å². The molecule has 0 saturated heterocycles. The van der Waals surface area contributed by atoms with Gasteiger partial charge in [0.15, 0.2) is 0 Å². The molecule has 0 radical (unpaired) electrons. The van der Waals surface area contributed by atoms with Crippen LogP contribution in [0, 0.1) is 5.92 Å². The van der Waals surface area contributed by atoms with Crippen LogP contribution in [0.3, 0.4) is 0 Å². The largest absolute Gasteiger partial charge is 0.475 e. The van der Waals surface area contributed by atoms with E-state index in [1.807, 2.05) is 0 Å². The van der Waals surface area contributed by atoms with E-state index in [1.54, 1.807) is 20.9 Å². The summed E-state index contributed by atoms with van der Waals surface area (Å²) in [4.78, 5) is 21.1. The topological polar surface area (TPSA) is 66.4 Å². The maximum absolute atomic E-state index is 10.9. The van der Waals surface area contributed by atoms with Gasteiger partial charge in [-0.2, -0.15) is 0 Å². The van der Waals surface area contributed by atoms with E-state index in [0.717, 1.165) is 0 Å². The fourth-order valence-electron chi connectivity index (χ4n) is 0.900. The molecule has 0 rings (SSSR count). The Morgan fingerprint density at radius 1 is 1.36 bits per heavy atom. The highest BCUT2D eigenvalue weighted by molar-refractivity contribution is 6.34. The fraction of sp³-hybridized carbons (Fsp3) is 0.714. The predicted molar refractivity (Wildman–Crippen MR) is 40.3 cm³/mol. The molecule has 0 heterocycles. The highest BCUT2D eigenvalue weighted by Gasteiger charge is 2.25. The summed E-state index contributed by atoms with van der Waals surface area (Å²) in [6.07, 6.45) is 0. The number of hydrogen-bond donors (Lipinski definition) is 2. The number of aliphatic carboxylic acids is 1. The number of carboxylic acid groups (broad SMARTS) is 1. The second-order valence-electron chi connectivity index (χ2n) is 2.68. The van der Waals surface area contributed by atoms with Crippen LogP contribution in [-0.4, -0.2) is 29.9 Å². The van der Waals surface area contributed by atoms with Crippen LogP contribution < -0.4 is 5.32 Å². The molecule has 0 aliphatic heterocycles. The molecule has 0 amide bonds. The maximum atomic E-state index is 10.9. The fourth-order valence-corrected chi connectivity index (χ4v) is 0.900. The standard InChI is InChI=1S/C7H13NO3/c1-4(2)5(8-3)6(9)7(10)11/h4-5,8H,1-3H3,(H,10,11)/t5-/m0/s1. The summed E-state index contributed by atoms with van der Waals surface area (Å²) in [6.45, 7) is 3.59. The number of Topliss-reactive ketones (excluding diaryl/α,β-unsaturated/α-hetero) is 1. The number of nitrogens with one attached hydrogen (secondary N) is 1. The zero-order valence-corrected chi connectivity index (χ0v) is 6.92. The molecule has 0 aromatic carbocycles. The molecule has 11 heavy (non-hydrogen) atoms. The van der Waals surface area contributed by atoms with Gasteiger partial charge in [0.05, 0.1) is 6.04 Å². The van der Waals surface area contributed by atoms with E-state index in [2.05, 4.69) is 5.32 Å². The molecule has 0 bridgehead atoms. The van der Waals surface area contributed by atoms with Crippen molar-refractivity contribution in [3.63, 3.8) is 0 Å². The lowest BCUT2D eigenvalue weighted by atomic mass is 10.0. The minimum absolute atomic E-state index is 0.00333. The highest BCUT2D eigenvalue weighted by Crippen LogP contribution is 2.01. The van der Waals surface area contributed by atoms with Gasteiger partial charge in [0, 0.05) is 0 Å². The zero-order valence-electron chi connectivity index (χ0n) is 6.92. The van der Waals surface area contributed by atoms with Crippen molar-refractivity contribution in [3.8, 4) is 0 Å². The lowest BCUT2D eigenvalue weighted by Crippen LogP contribution is -2.42. The van der Waals surface area contributed by atoms with Crippen LogP contribution in [0.1, 0.15) is 13.8 Å². The number of likely N-dealkylation sites (N-methyl/N-ethyl adjacent to an activating group) is 1. The van der Waals surface area contributed by atoms with Gasteiger partial charge in [-0.15, -0.1) is 0 Å². The number of carbonyl (C=O) groups is 2. The maximum Gasteiger partial charge on any atom is 0.373 e. The van der Waals surface area contributed by atoms with Crippen molar-refractivity contribution in [1.29, 1.82) is 0 Å². The van der Waals surface area contributed by atoms with Gasteiger partial charge in [-0.3, -0.25) is 4.79 Å². The minimum atomic E-state index is -1.38. The first-order chi connectivity index (χ1) is 5.00. The Labute approximate surface area is 65.6 Å². The van der Waals surface area contributed by atoms with Gasteiger partial charge >= 0.3 is 5.97 Å². The SMILES string of the molecule is CN[C@H](C(=O)C(=O)O)C(C)C. The van der Waals surface area contributed by atoms with Crippen molar-refractivity contribution in [2.45, 2.75) is 19.9 Å². The van der Waals surface area contributed by atoms with Crippen LogP contribution in [0.5, 0.6) is 0 Å². The van der Waals surface area contributed by atoms with Crippen LogP contribution >= 0.6 is 0 Å². The molecule has 0 aliphatic rings. The molecule has 0 unspecified atom stereocenters. The van der Waals surface area contributed by atoms with Gasteiger partial charge < -0.3 is 10.4 Å². The predicted octanol–water partition coefficient (Wildman–Crippen LogP) is -0.116. The molecule has 0 aromatic rings. The monoisotopic (exact) mass is 159 g/mol. The highest BCUT2D eigenvalue weighted by atomic mass is 16.4. The molecule has 64 valence electrons. The van der Waals surface area contributed by atoms with E-state index in [1.165, 1.54) is 0 Å². The summed E-state index contributed by atoms with van der Waals surface area (Å²) in [5.74, 6) is -2.15. The van der Waals surface area contributed by atoms with Crippen LogP contribution in [-0.2, 0) is 9.59 Å². The summed E-state index contributed by atoms with van der Waals surface area (Å²) in [7, 11) is 1.57. The number of rotatable bonds is 4. The quantitative estimate of drug-likeness (QED) is 0.561. The van der Waals surface area contributed by atoms with Crippen LogP contribution in [0.2, 0.25) is 0 Å². The van der Waals surface area contributed by atoms with Crippen LogP contribution in [0.15, 0.2) is 0 Å². The molecular weight excluding hydrogens is 146 g/mol. The van der Waals surface area contributed by atoms with Crippen molar-refractivity contribution in [2.24, 2.45) is 5.92 Å². The molecule has 0 spiro atoms. The molecule has 0 saturated carbocycles. The Balaban J connectivity index is 4.26. The molecule has 0 aliphatic carbocycles. The first kappa shape index (κ1) is 10.1. The number of ketones is 1. The lowest BCUT2D eigenvalue weighted by Gasteiger charge is -2.15. The summed E-state index contributed by atoms with van der Waals surface area (Å²) in [5, 5.41) is 11.0. The third-order valence-corrected chi connectivity index (χ3v) is 1.47. The third kappa shape index (κ3) is 2.67. The van der Waals surface area contributed by atoms with E-state index >= 15 is 0 Å². The van der Waals surface area contributed by atoms with Crippen molar-refractivity contribution < 1.29 is 14.7 Å². The first-order valence-electron chi connectivity index (χ1n) is 3.45.